The fraction of sp³-hybridized carbons (Fsp3) is 0.714. The Kier molecular flexibility index (Phi) is 4.14. The SMILES string of the molecule is C=C(C)OCC(C)CO. The van der Waals surface area contributed by atoms with Crippen molar-refractivity contribution in [2.24, 2.45) is 5.92 Å². The predicted octanol–water partition coefficient (Wildman–Crippen LogP) is 1.16. The van der Waals surface area contributed by atoms with Crippen LogP contribution < -0.4 is 0 Å². The first-order valence-electron chi connectivity index (χ1n) is 3.06. The molecule has 0 heterocycles. The number of hydrogen-bond acceptors (Lipinski definition) is 2. The Balaban J connectivity index is 3.16. The second-order valence-corrected chi connectivity index (χ2v) is 2.30. The van der Waals surface area contributed by atoms with E-state index in [0.29, 0.717) is 12.4 Å². The van der Waals surface area contributed by atoms with Crippen LogP contribution in [0.5, 0.6) is 0 Å². The molecule has 0 fully saturated rings. The lowest BCUT2D eigenvalue weighted by Gasteiger charge is -2.08. The zero-order chi connectivity index (χ0) is 7.28. The summed E-state index contributed by atoms with van der Waals surface area (Å²) < 4.78 is 5.04. The number of aliphatic hydroxyl groups is 1. The van der Waals surface area contributed by atoms with Gasteiger partial charge in [-0.05, 0) is 6.92 Å². The van der Waals surface area contributed by atoms with Crippen LogP contribution in [0.3, 0.4) is 0 Å². The van der Waals surface area contributed by atoms with E-state index in [1.807, 2.05) is 6.92 Å². The molecule has 0 bridgehead atoms. The van der Waals surface area contributed by atoms with Crippen LogP contribution in [0.2, 0.25) is 0 Å². The minimum absolute atomic E-state index is 0.174. The van der Waals surface area contributed by atoms with Gasteiger partial charge in [-0.1, -0.05) is 13.5 Å². The van der Waals surface area contributed by atoms with Gasteiger partial charge in [0.1, 0.15) is 0 Å². The van der Waals surface area contributed by atoms with E-state index in [4.69, 9.17) is 9.84 Å². The van der Waals surface area contributed by atoms with Gasteiger partial charge in [0.2, 0.25) is 0 Å². The normalized spacial score (nSPS) is 12.8. The van der Waals surface area contributed by atoms with Gasteiger partial charge < -0.3 is 9.84 Å². The molecule has 0 aromatic rings. The fourth-order valence-corrected chi connectivity index (χ4v) is 0.337. The summed E-state index contributed by atoms with van der Waals surface area (Å²) in [4.78, 5) is 0. The highest BCUT2D eigenvalue weighted by molar-refractivity contribution is 4.73. The zero-order valence-electron chi connectivity index (χ0n) is 6.05. The highest BCUT2D eigenvalue weighted by atomic mass is 16.5. The van der Waals surface area contributed by atoms with Gasteiger partial charge in [0.15, 0.2) is 0 Å². The van der Waals surface area contributed by atoms with Gasteiger partial charge in [0.05, 0.1) is 12.4 Å². The van der Waals surface area contributed by atoms with Crippen LogP contribution in [0, 0.1) is 5.92 Å². The third-order valence-corrected chi connectivity index (χ3v) is 0.926. The van der Waals surface area contributed by atoms with E-state index in [0.717, 1.165) is 0 Å². The molecule has 1 unspecified atom stereocenters. The van der Waals surface area contributed by atoms with E-state index >= 15 is 0 Å². The summed E-state index contributed by atoms with van der Waals surface area (Å²) in [5.74, 6) is 0.914. The highest BCUT2D eigenvalue weighted by Crippen LogP contribution is 1.97. The molecule has 9 heavy (non-hydrogen) atoms. The lowest BCUT2D eigenvalue weighted by molar-refractivity contribution is 0.129. The van der Waals surface area contributed by atoms with Gasteiger partial charge in [-0.3, -0.25) is 0 Å². The number of hydrogen-bond donors (Lipinski definition) is 1. The fourth-order valence-electron chi connectivity index (χ4n) is 0.337. The van der Waals surface area contributed by atoms with Gasteiger partial charge in [-0.25, -0.2) is 0 Å². The number of rotatable bonds is 4. The molecule has 0 aliphatic rings. The molecule has 2 nitrogen and oxygen atoms in total. The monoisotopic (exact) mass is 130 g/mol. The van der Waals surface area contributed by atoms with Crippen LogP contribution >= 0.6 is 0 Å². The smallest absolute Gasteiger partial charge is 0.0924 e. The maximum Gasteiger partial charge on any atom is 0.0924 e. The van der Waals surface area contributed by atoms with Gasteiger partial charge in [0.25, 0.3) is 0 Å². The standard InChI is InChI=1S/C7H14O2/c1-6(2)9-5-7(3)4-8/h7-8H,1,4-5H2,2-3H3. The first-order valence-corrected chi connectivity index (χ1v) is 3.06. The van der Waals surface area contributed by atoms with Gasteiger partial charge in [-0.15, -0.1) is 0 Å². The molecule has 0 radical (unpaired) electrons. The third-order valence-electron chi connectivity index (χ3n) is 0.926. The van der Waals surface area contributed by atoms with Crippen molar-refractivity contribution in [3.05, 3.63) is 12.3 Å². The van der Waals surface area contributed by atoms with Crippen molar-refractivity contribution in [2.45, 2.75) is 13.8 Å². The average molecular weight is 130 g/mol. The Morgan fingerprint density at radius 1 is 1.78 bits per heavy atom. The molecule has 0 aliphatic carbocycles. The summed E-state index contributed by atoms with van der Waals surface area (Å²) in [6.45, 7) is 8.01. The Labute approximate surface area is 56.1 Å². The van der Waals surface area contributed by atoms with Crippen LogP contribution in [0.15, 0.2) is 12.3 Å². The van der Waals surface area contributed by atoms with Crippen LogP contribution in [-0.4, -0.2) is 18.3 Å². The molecule has 0 spiro atoms. The van der Waals surface area contributed by atoms with E-state index in [2.05, 4.69) is 6.58 Å². The maximum absolute atomic E-state index is 8.54. The molecule has 0 saturated heterocycles. The van der Waals surface area contributed by atoms with Crippen LogP contribution in [0.25, 0.3) is 0 Å². The molecule has 54 valence electrons. The quantitative estimate of drug-likeness (QED) is 0.579. The van der Waals surface area contributed by atoms with Crippen molar-refractivity contribution in [3.63, 3.8) is 0 Å². The summed E-state index contributed by atoms with van der Waals surface area (Å²) in [5, 5.41) is 8.54. The van der Waals surface area contributed by atoms with Crippen LogP contribution in [0.4, 0.5) is 0 Å². The molecule has 0 aliphatic heterocycles. The Morgan fingerprint density at radius 3 is 2.67 bits per heavy atom. The number of allylic oxidation sites excluding steroid dienone is 1. The van der Waals surface area contributed by atoms with E-state index in [9.17, 15) is 0 Å². The second-order valence-electron chi connectivity index (χ2n) is 2.30. The van der Waals surface area contributed by atoms with E-state index < -0.39 is 0 Å². The lowest BCUT2D eigenvalue weighted by atomic mass is 10.2. The molecule has 1 atom stereocenters. The summed E-state index contributed by atoms with van der Waals surface area (Å²) in [6, 6.07) is 0. The van der Waals surface area contributed by atoms with E-state index in [1.54, 1.807) is 6.92 Å². The van der Waals surface area contributed by atoms with Crippen molar-refractivity contribution in [1.29, 1.82) is 0 Å². The summed E-state index contributed by atoms with van der Waals surface area (Å²) >= 11 is 0. The molecular weight excluding hydrogens is 116 g/mol. The van der Waals surface area contributed by atoms with Crippen molar-refractivity contribution >= 4 is 0 Å². The van der Waals surface area contributed by atoms with Crippen molar-refractivity contribution in [2.75, 3.05) is 13.2 Å². The Morgan fingerprint density at radius 2 is 2.33 bits per heavy atom. The second kappa shape index (κ2) is 4.39. The number of ether oxygens (including phenoxy) is 1. The Bertz CT molecular complexity index is 88.9. The lowest BCUT2D eigenvalue weighted by Crippen LogP contribution is -2.08. The van der Waals surface area contributed by atoms with Crippen molar-refractivity contribution in [1.82, 2.24) is 0 Å². The van der Waals surface area contributed by atoms with Gasteiger partial charge in [-0.2, -0.15) is 0 Å². The molecule has 2 heteroatoms. The zero-order valence-corrected chi connectivity index (χ0v) is 6.05. The summed E-state index contributed by atoms with van der Waals surface area (Å²) in [7, 11) is 0. The maximum atomic E-state index is 8.54. The van der Waals surface area contributed by atoms with E-state index in [-0.39, 0.29) is 12.5 Å². The first kappa shape index (κ1) is 8.50. The largest absolute Gasteiger partial charge is 0.498 e. The third kappa shape index (κ3) is 5.37. The van der Waals surface area contributed by atoms with Crippen LogP contribution in [-0.2, 0) is 4.74 Å². The molecular formula is C7H14O2. The predicted molar refractivity (Wildman–Crippen MR) is 37.0 cm³/mol. The first-order chi connectivity index (χ1) is 4.16. The van der Waals surface area contributed by atoms with Crippen molar-refractivity contribution < 1.29 is 9.84 Å². The summed E-state index contributed by atoms with van der Waals surface area (Å²) in [5.41, 5.74) is 0. The summed E-state index contributed by atoms with van der Waals surface area (Å²) in [6.07, 6.45) is 0. The van der Waals surface area contributed by atoms with Crippen molar-refractivity contribution in [3.8, 4) is 0 Å². The van der Waals surface area contributed by atoms with Crippen LogP contribution in [0.1, 0.15) is 13.8 Å². The average Bonchev–Trinajstić information content (AvgIpc) is 1.83. The Hall–Kier alpha value is -0.500. The molecule has 0 aromatic carbocycles. The van der Waals surface area contributed by atoms with E-state index in [1.165, 1.54) is 0 Å². The molecule has 0 rings (SSSR count). The minimum Gasteiger partial charge on any atom is -0.498 e. The minimum atomic E-state index is 0.174. The molecule has 0 amide bonds. The highest BCUT2D eigenvalue weighted by Gasteiger charge is 1.98. The molecule has 1 N–H and O–H groups in total. The van der Waals surface area contributed by atoms with Gasteiger partial charge in [0, 0.05) is 12.5 Å². The number of aliphatic hydroxyl groups excluding tert-OH is 1. The molecule has 0 saturated carbocycles. The van der Waals surface area contributed by atoms with Gasteiger partial charge >= 0.3 is 0 Å². The molecule has 0 aromatic heterocycles. The topological polar surface area (TPSA) is 29.5 Å².